The molecule has 1 atom stereocenters. The first-order chi connectivity index (χ1) is 11.0. The molecule has 122 valence electrons. The number of rotatable bonds is 6. The quantitative estimate of drug-likeness (QED) is 0.820. The summed E-state index contributed by atoms with van der Waals surface area (Å²) in [5.41, 5.74) is -1.03. The molecule has 0 spiro atoms. The molecule has 2 aromatic heterocycles. The molecule has 0 bridgehead atoms. The third-order valence-corrected chi connectivity index (χ3v) is 4.93. The van der Waals surface area contributed by atoms with E-state index in [0.29, 0.717) is 18.1 Å². The van der Waals surface area contributed by atoms with E-state index in [1.54, 1.807) is 6.92 Å². The molecule has 8 heteroatoms. The van der Waals surface area contributed by atoms with Gasteiger partial charge in [0.2, 0.25) is 5.89 Å². The van der Waals surface area contributed by atoms with Crippen molar-refractivity contribution in [3.63, 3.8) is 0 Å². The summed E-state index contributed by atoms with van der Waals surface area (Å²) in [5.74, 6) is 0.579. The molecule has 3 heterocycles. The first kappa shape index (κ1) is 15.7. The Bertz CT molecular complexity index is 712. The number of carbonyl (C=O) groups is 2. The zero-order valence-corrected chi connectivity index (χ0v) is 13.9. The van der Waals surface area contributed by atoms with Crippen molar-refractivity contribution in [2.75, 3.05) is 0 Å². The fraction of sp³-hybridized carbons (Fsp3) is 0.467. The van der Waals surface area contributed by atoms with Crippen LogP contribution in [0.2, 0.25) is 0 Å². The standard InChI is InChI=1S/C15H18N4O3S/c1-3-4-7-12-16-11(18-22-12)9-19-13(20)15(2,17-14(19)21)10-6-5-8-23-10/h5-6,8H,3-4,7,9H2,1-2H3,(H,17,21)/t15-/m0/s1. The SMILES string of the molecule is CCCCc1nc(CN2C(=O)N[C@@](C)(c3cccs3)C2=O)no1. The zero-order chi connectivity index (χ0) is 16.4. The third-order valence-electron chi connectivity index (χ3n) is 3.84. The number of unbranched alkanes of at least 4 members (excludes halogenated alkanes) is 1. The van der Waals surface area contributed by atoms with Gasteiger partial charge in [-0.05, 0) is 24.8 Å². The first-order valence-corrected chi connectivity index (χ1v) is 8.42. The van der Waals surface area contributed by atoms with Crippen LogP contribution >= 0.6 is 11.3 Å². The molecule has 0 saturated carbocycles. The van der Waals surface area contributed by atoms with E-state index < -0.39 is 11.6 Å². The average molecular weight is 334 g/mol. The summed E-state index contributed by atoms with van der Waals surface area (Å²) in [6.07, 6.45) is 2.70. The van der Waals surface area contributed by atoms with Gasteiger partial charge in [0, 0.05) is 11.3 Å². The number of aryl methyl sites for hydroxylation is 1. The number of aromatic nitrogens is 2. The molecule has 0 radical (unpaired) electrons. The lowest BCUT2D eigenvalue weighted by Crippen LogP contribution is -2.40. The van der Waals surface area contributed by atoms with Crippen LogP contribution in [0.1, 0.15) is 43.3 Å². The number of urea groups is 1. The minimum atomic E-state index is -1.03. The van der Waals surface area contributed by atoms with Crippen LogP contribution in [0.4, 0.5) is 4.79 Å². The van der Waals surface area contributed by atoms with Crippen LogP contribution in [-0.4, -0.2) is 27.0 Å². The molecule has 3 amide bonds. The lowest BCUT2D eigenvalue weighted by Gasteiger charge is -2.19. The number of hydrogen-bond donors (Lipinski definition) is 1. The largest absolute Gasteiger partial charge is 0.339 e. The molecule has 7 nitrogen and oxygen atoms in total. The lowest BCUT2D eigenvalue weighted by atomic mass is 10.0. The number of amides is 3. The number of hydrogen-bond acceptors (Lipinski definition) is 6. The highest BCUT2D eigenvalue weighted by Crippen LogP contribution is 2.32. The van der Waals surface area contributed by atoms with Gasteiger partial charge >= 0.3 is 6.03 Å². The Hall–Kier alpha value is -2.22. The number of nitrogens with zero attached hydrogens (tertiary/aromatic N) is 3. The lowest BCUT2D eigenvalue weighted by molar-refractivity contribution is -0.131. The zero-order valence-electron chi connectivity index (χ0n) is 13.0. The second-order valence-corrected chi connectivity index (χ2v) is 6.58. The van der Waals surface area contributed by atoms with E-state index in [1.165, 1.54) is 11.3 Å². The molecule has 0 unspecified atom stereocenters. The highest BCUT2D eigenvalue weighted by atomic mass is 32.1. The van der Waals surface area contributed by atoms with Crippen LogP contribution in [0.5, 0.6) is 0 Å². The molecular weight excluding hydrogens is 316 g/mol. The van der Waals surface area contributed by atoms with Crippen molar-refractivity contribution in [1.29, 1.82) is 0 Å². The molecule has 1 aliphatic rings. The Morgan fingerprint density at radius 1 is 1.43 bits per heavy atom. The Morgan fingerprint density at radius 2 is 2.26 bits per heavy atom. The Balaban J connectivity index is 1.75. The Kier molecular flexibility index (Phi) is 4.16. The molecule has 3 rings (SSSR count). The fourth-order valence-electron chi connectivity index (χ4n) is 2.50. The van der Waals surface area contributed by atoms with Crippen LogP contribution in [0.15, 0.2) is 22.0 Å². The third kappa shape index (κ3) is 2.86. The van der Waals surface area contributed by atoms with Gasteiger partial charge in [-0.2, -0.15) is 4.98 Å². The van der Waals surface area contributed by atoms with Crippen molar-refractivity contribution < 1.29 is 14.1 Å². The number of nitrogens with one attached hydrogen (secondary N) is 1. The molecule has 23 heavy (non-hydrogen) atoms. The van der Waals surface area contributed by atoms with Gasteiger partial charge in [-0.25, -0.2) is 4.79 Å². The molecule has 2 aromatic rings. The minimum Gasteiger partial charge on any atom is -0.339 e. The summed E-state index contributed by atoms with van der Waals surface area (Å²) in [6.45, 7) is 3.80. The summed E-state index contributed by atoms with van der Waals surface area (Å²) in [4.78, 5) is 31.0. The van der Waals surface area contributed by atoms with Gasteiger partial charge in [0.15, 0.2) is 11.4 Å². The highest BCUT2D eigenvalue weighted by molar-refractivity contribution is 7.10. The number of carbonyl (C=O) groups excluding carboxylic acids is 2. The Labute approximate surface area is 137 Å². The van der Waals surface area contributed by atoms with E-state index in [1.807, 2.05) is 17.5 Å². The molecule has 1 saturated heterocycles. The maximum Gasteiger partial charge on any atom is 0.325 e. The topological polar surface area (TPSA) is 88.3 Å². The van der Waals surface area contributed by atoms with Crippen molar-refractivity contribution in [3.8, 4) is 0 Å². The van der Waals surface area contributed by atoms with Gasteiger partial charge in [0.05, 0.1) is 6.54 Å². The summed E-state index contributed by atoms with van der Waals surface area (Å²) in [7, 11) is 0. The van der Waals surface area contributed by atoms with E-state index in [-0.39, 0.29) is 12.5 Å². The summed E-state index contributed by atoms with van der Waals surface area (Å²) in [5, 5.41) is 8.49. The molecular formula is C15H18N4O3S. The maximum atomic E-state index is 12.7. The van der Waals surface area contributed by atoms with E-state index in [0.717, 1.165) is 22.6 Å². The second-order valence-electron chi connectivity index (χ2n) is 5.63. The van der Waals surface area contributed by atoms with E-state index in [4.69, 9.17) is 4.52 Å². The predicted octanol–water partition coefficient (Wildman–Crippen LogP) is 2.44. The van der Waals surface area contributed by atoms with Crippen LogP contribution in [-0.2, 0) is 23.3 Å². The normalized spacial score (nSPS) is 21.0. The summed E-state index contributed by atoms with van der Waals surface area (Å²) >= 11 is 1.43. The van der Waals surface area contributed by atoms with Crippen LogP contribution in [0.3, 0.4) is 0 Å². The van der Waals surface area contributed by atoms with Gasteiger partial charge in [-0.15, -0.1) is 11.3 Å². The van der Waals surface area contributed by atoms with Crippen molar-refractivity contribution >= 4 is 23.3 Å². The van der Waals surface area contributed by atoms with Crippen LogP contribution in [0, 0.1) is 0 Å². The van der Waals surface area contributed by atoms with Gasteiger partial charge in [0.25, 0.3) is 5.91 Å². The Morgan fingerprint density at radius 3 is 2.96 bits per heavy atom. The van der Waals surface area contributed by atoms with E-state index in [2.05, 4.69) is 22.4 Å². The van der Waals surface area contributed by atoms with E-state index in [9.17, 15) is 9.59 Å². The summed E-state index contributed by atoms with van der Waals surface area (Å²) < 4.78 is 5.14. The van der Waals surface area contributed by atoms with Gasteiger partial charge in [-0.1, -0.05) is 24.6 Å². The minimum absolute atomic E-state index is 0.0151. The molecule has 1 N–H and O–H groups in total. The first-order valence-electron chi connectivity index (χ1n) is 7.54. The van der Waals surface area contributed by atoms with Crippen LogP contribution < -0.4 is 5.32 Å². The summed E-state index contributed by atoms with van der Waals surface area (Å²) in [6, 6.07) is 3.25. The average Bonchev–Trinajstić information content (AvgIpc) is 3.24. The number of imide groups is 1. The smallest absolute Gasteiger partial charge is 0.325 e. The highest BCUT2D eigenvalue weighted by Gasteiger charge is 2.49. The van der Waals surface area contributed by atoms with Gasteiger partial charge in [0.1, 0.15) is 0 Å². The molecule has 1 fully saturated rings. The van der Waals surface area contributed by atoms with Crippen molar-refractivity contribution in [2.24, 2.45) is 0 Å². The fourth-order valence-corrected chi connectivity index (χ4v) is 3.33. The molecule has 0 aromatic carbocycles. The van der Waals surface area contributed by atoms with E-state index >= 15 is 0 Å². The second kappa shape index (κ2) is 6.11. The van der Waals surface area contributed by atoms with Gasteiger partial charge in [-0.3, -0.25) is 9.69 Å². The maximum absolute atomic E-state index is 12.7. The molecule has 0 aliphatic carbocycles. The number of thiophene rings is 1. The van der Waals surface area contributed by atoms with Crippen molar-refractivity contribution in [1.82, 2.24) is 20.4 Å². The van der Waals surface area contributed by atoms with Crippen molar-refractivity contribution in [3.05, 3.63) is 34.1 Å². The predicted molar refractivity (Wildman–Crippen MR) is 83.7 cm³/mol. The molecule has 1 aliphatic heterocycles. The van der Waals surface area contributed by atoms with Crippen molar-refractivity contribution in [2.45, 2.75) is 45.2 Å². The van der Waals surface area contributed by atoms with Crippen LogP contribution in [0.25, 0.3) is 0 Å². The monoisotopic (exact) mass is 334 g/mol. The van der Waals surface area contributed by atoms with Gasteiger partial charge < -0.3 is 9.84 Å².